The van der Waals surface area contributed by atoms with Crippen molar-refractivity contribution in [3.8, 4) is 5.75 Å². The first-order chi connectivity index (χ1) is 14.4. The lowest BCUT2D eigenvalue weighted by Crippen LogP contribution is -2.32. The van der Waals surface area contributed by atoms with Gasteiger partial charge in [0.15, 0.2) is 0 Å². The van der Waals surface area contributed by atoms with Gasteiger partial charge in [0.05, 0.1) is 43.5 Å². The molecule has 0 aromatic heterocycles. The highest BCUT2D eigenvalue weighted by molar-refractivity contribution is 5.98. The molecular weight excluding hydrogens is 386 g/mol. The summed E-state index contributed by atoms with van der Waals surface area (Å²) < 4.78 is 21.8. The molecule has 2 aliphatic rings. The molecule has 30 heavy (non-hydrogen) atoms. The van der Waals surface area contributed by atoms with Crippen molar-refractivity contribution >= 4 is 11.9 Å². The molecule has 7 heteroatoms. The molecule has 162 valence electrons. The van der Waals surface area contributed by atoms with Gasteiger partial charge in [0.1, 0.15) is 5.75 Å². The molecule has 0 saturated carbocycles. The third kappa shape index (κ3) is 4.84. The molecule has 0 spiro atoms. The van der Waals surface area contributed by atoms with Gasteiger partial charge in [0.2, 0.25) is 0 Å². The van der Waals surface area contributed by atoms with E-state index in [0.717, 1.165) is 19.4 Å². The van der Waals surface area contributed by atoms with Gasteiger partial charge in [-0.05, 0) is 32.8 Å². The zero-order valence-electron chi connectivity index (χ0n) is 17.9. The monoisotopic (exact) mass is 415 g/mol. The van der Waals surface area contributed by atoms with Gasteiger partial charge < -0.3 is 23.8 Å². The Morgan fingerprint density at radius 1 is 1.10 bits per heavy atom. The Balaban J connectivity index is 2.07. The number of rotatable bonds is 7. The number of hydrogen-bond donors (Lipinski definition) is 0. The van der Waals surface area contributed by atoms with E-state index >= 15 is 0 Å². The Bertz CT molecular complexity index is 804. The molecule has 2 heterocycles. The average Bonchev–Trinajstić information content (AvgIpc) is 3.25. The SMILES string of the molecule is COC(=O)C1=CN(CC2CCCO2)C=C(C(=O)OC)C1c1ccccc1OC(C)C. The van der Waals surface area contributed by atoms with Gasteiger partial charge in [0, 0.05) is 31.1 Å². The maximum absolute atomic E-state index is 12.8. The fourth-order valence-corrected chi connectivity index (χ4v) is 3.83. The minimum absolute atomic E-state index is 0.0448. The van der Waals surface area contributed by atoms with Crippen molar-refractivity contribution in [1.82, 2.24) is 4.90 Å². The van der Waals surface area contributed by atoms with Crippen LogP contribution in [0.3, 0.4) is 0 Å². The van der Waals surface area contributed by atoms with Crippen LogP contribution in [0.2, 0.25) is 0 Å². The number of carbonyl (C=O) groups excluding carboxylic acids is 2. The lowest BCUT2D eigenvalue weighted by atomic mass is 9.82. The van der Waals surface area contributed by atoms with Crippen molar-refractivity contribution in [2.24, 2.45) is 0 Å². The molecule has 1 fully saturated rings. The van der Waals surface area contributed by atoms with Crippen LogP contribution in [0.15, 0.2) is 47.8 Å². The molecule has 1 saturated heterocycles. The number of esters is 2. The number of hydrogen-bond acceptors (Lipinski definition) is 7. The lowest BCUT2D eigenvalue weighted by Gasteiger charge is -2.32. The molecule has 0 aliphatic carbocycles. The Morgan fingerprint density at radius 3 is 2.27 bits per heavy atom. The first kappa shape index (κ1) is 21.9. The second-order valence-corrected chi connectivity index (χ2v) is 7.62. The maximum atomic E-state index is 12.8. The first-order valence-electron chi connectivity index (χ1n) is 10.2. The number of carbonyl (C=O) groups is 2. The topological polar surface area (TPSA) is 74.3 Å². The minimum Gasteiger partial charge on any atom is -0.491 e. The number of ether oxygens (including phenoxy) is 4. The molecular formula is C23H29NO6. The van der Waals surface area contributed by atoms with Gasteiger partial charge in [0.25, 0.3) is 0 Å². The summed E-state index contributed by atoms with van der Waals surface area (Å²) in [5.74, 6) is -1.08. The lowest BCUT2D eigenvalue weighted by molar-refractivity contribution is -0.137. The minimum atomic E-state index is -0.666. The van der Waals surface area contributed by atoms with E-state index in [1.807, 2.05) is 43.0 Å². The van der Waals surface area contributed by atoms with Crippen molar-refractivity contribution in [2.75, 3.05) is 27.4 Å². The van der Waals surface area contributed by atoms with E-state index in [9.17, 15) is 9.59 Å². The summed E-state index contributed by atoms with van der Waals surface area (Å²) in [5, 5.41) is 0. The smallest absolute Gasteiger partial charge is 0.336 e. The highest BCUT2D eigenvalue weighted by Crippen LogP contribution is 2.41. The maximum Gasteiger partial charge on any atom is 0.336 e. The number of nitrogens with zero attached hydrogens (tertiary/aromatic N) is 1. The summed E-state index contributed by atoms with van der Waals surface area (Å²) in [5.41, 5.74) is 1.40. The van der Waals surface area contributed by atoms with Crippen LogP contribution in [-0.2, 0) is 23.8 Å². The van der Waals surface area contributed by atoms with E-state index in [1.54, 1.807) is 12.4 Å². The summed E-state index contributed by atoms with van der Waals surface area (Å²) in [7, 11) is 2.66. The Morgan fingerprint density at radius 2 is 1.73 bits per heavy atom. The van der Waals surface area contributed by atoms with Crippen LogP contribution in [0.4, 0.5) is 0 Å². The molecule has 0 radical (unpaired) electrons. The van der Waals surface area contributed by atoms with E-state index in [0.29, 0.717) is 29.0 Å². The first-order valence-corrected chi connectivity index (χ1v) is 10.2. The molecule has 1 atom stereocenters. The second-order valence-electron chi connectivity index (χ2n) is 7.62. The van der Waals surface area contributed by atoms with Gasteiger partial charge in [-0.3, -0.25) is 0 Å². The highest BCUT2D eigenvalue weighted by Gasteiger charge is 2.37. The normalized spacial score (nSPS) is 19.4. The van der Waals surface area contributed by atoms with Crippen LogP contribution in [0.1, 0.15) is 38.2 Å². The zero-order chi connectivity index (χ0) is 21.7. The van der Waals surface area contributed by atoms with Gasteiger partial charge in [-0.15, -0.1) is 0 Å². The number of methoxy groups -OCH3 is 2. The number of para-hydroxylation sites is 1. The standard InChI is InChI=1S/C23H29NO6/c1-15(2)30-20-10-6-5-9-17(20)21-18(22(25)27-3)13-24(12-16-8-7-11-29-16)14-19(21)23(26)28-4/h5-6,9-10,13-16,21H,7-8,11-12H2,1-4H3. The highest BCUT2D eigenvalue weighted by atomic mass is 16.5. The molecule has 7 nitrogen and oxygen atoms in total. The molecule has 1 unspecified atom stereocenters. The van der Waals surface area contributed by atoms with E-state index in [1.165, 1.54) is 14.2 Å². The Kier molecular flexibility index (Phi) is 7.15. The largest absolute Gasteiger partial charge is 0.491 e. The summed E-state index contributed by atoms with van der Waals surface area (Å²) in [6, 6.07) is 7.39. The molecule has 0 N–H and O–H groups in total. The molecule has 0 amide bonds. The van der Waals surface area contributed by atoms with Crippen LogP contribution in [0.5, 0.6) is 5.75 Å². The van der Waals surface area contributed by atoms with E-state index in [-0.39, 0.29) is 12.2 Å². The molecule has 1 aromatic rings. The van der Waals surface area contributed by atoms with E-state index in [4.69, 9.17) is 18.9 Å². The van der Waals surface area contributed by atoms with Crippen molar-refractivity contribution in [2.45, 2.75) is 44.8 Å². The van der Waals surface area contributed by atoms with Gasteiger partial charge >= 0.3 is 11.9 Å². The summed E-state index contributed by atoms with van der Waals surface area (Å²) in [6.45, 7) is 5.12. The Labute approximate surface area is 177 Å². The fourth-order valence-electron chi connectivity index (χ4n) is 3.83. The molecule has 0 bridgehead atoms. The zero-order valence-corrected chi connectivity index (χ0v) is 17.9. The fraction of sp³-hybridized carbons (Fsp3) is 0.478. The third-order valence-electron chi connectivity index (χ3n) is 5.11. The van der Waals surface area contributed by atoms with Gasteiger partial charge in [-0.1, -0.05) is 18.2 Å². The molecule has 3 rings (SSSR count). The third-order valence-corrected chi connectivity index (χ3v) is 5.11. The van der Waals surface area contributed by atoms with E-state index in [2.05, 4.69) is 0 Å². The van der Waals surface area contributed by atoms with Crippen LogP contribution in [0.25, 0.3) is 0 Å². The van der Waals surface area contributed by atoms with Crippen molar-refractivity contribution in [1.29, 1.82) is 0 Å². The summed E-state index contributed by atoms with van der Waals surface area (Å²) in [4.78, 5) is 27.3. The Hall–Kier alpha value is -2.80. The quantitative estimate of drug-likeness (QED) is 0.633. The summed E-state index contributed by atoms with van der Waals surface area (Å²) in [6.07, 6.45) is 5.38. The van der Waals surface area contributed by atoms with Crippen LogP contribution in [-0.4, -0.2) is 56.4 Å². The number of benzene rings is 1. The predicted molar refractivity (Wildman–Crippen MR) is 111 cm³/mol. The van der Waals surface area contributed by atoms with Crippen molar-refractivity contribution in [3.63, 3.8) is 0 Å². The van der Waals surface area contributed by atoms with Crippen LogP contribution < -0.4 is 4.74 Å². The van der Waals surface area contributed by atoms with Crippen molar-refractivity contribution < 1.29 is 28.5 Å². The van der Waals surface area contributed by atoms with E-state index < -0.39 is 17.9 Å². The van der Waals surface area contributed by atoms with Crippen LogP contribution >= 0.6 is 0 Å². The van der Waals surface area contributed by atoms with Gasteiger partial charge in [-0.25, -0.2) is 9.59 Å². The molecule has 1 aromatic carbocycles. The molecule has 2 aliphatic heterocycles. The van der Waals surface area contributed by atoms with Gasteiger partial charge in [-0.2, -0.15) is 0 Å². The van der Waals surface area contributed by atoms with Crippen LogP contribution in [0, 0.1) is 0 Å². The summed E-state index contributed by atoms with van der Waals surface area (Å²) >= 11 is 0. The predicted octanol–water partition coefficient (Wildman–Crippen LogP) is 3.17. The average molecular weight is 415 g/mol. The van der Waals surface area contributed by atoms with Crippen molar-refractivity contribution in [3.05, 3.63) is 53.4 Å². The second kappa shape index (κ2) is 9.80.